The number of ether oxygens (including phenoxy) is 5. The molecule has 0 saturated carbocycles. The summed E-state index contributed by atoms with van der Waals surface area (Å²) in [6, 6.07) is 7.37. The Balaban J connectivity index is 1.18. The number of aliphatic hydroxyl groups excluding tert-OH is 1. The Morgan fingerprint density at radius 3 is 2.93 bits per heavy atom. The van der Waals surface area contributed by atoms with E-state index in [4.69, 9.17) is 23.7 Å². The molecule has 1 N–H and O–H groups in total. The summed E-state index contributed by atoms with van der Waals surface area (Å²) in [5.74, 6) is 0.691. The highest BCUT2D eigenvalue weighted by atomic mass is 16.6. The van der Waals surface area contributed by atoms with Crippen molar-refractivity contribution in [2.24, 2.45) is 5.92 Å². The van der Waals surface area contributed by atoms with Gasteiger partial charge in [-0.25, -0.2) is 9.69 Å². The third kappa shape index (κ3) is 5.82. The van der Waals surface area contributed by atoms with Crippen LogP contribution in [0.25, 0.3) is 10.9 Å². The smallest absolute Gasteiger partial charge is 0.417 e. The summed E-state index contributed by atoms with van der Waals surface area (Å²) < 4.78 is 28.1. The lowest BCUT2D eigenvalue weighted by Gasteiger charge is -2.44. The molecule has 0 radical (unpaired) electrons. The molecule has 3 aliphatic heterocycles. The molecule has 11 nitrogen and oxygen atoms in total. The van der Waals surface area contributed by atoms with E-state index in [-0.39, 0.29) is 24.8 Å². The molecule has 1 aliphatic carbocycles. The number of rotatable bonds is 8. The standard InChI is InChI=1S/C32H35N3O8/c1-39-23-8-9-26-25(15-23)24(10-12-33-26)27(36)17-34-13-11-32(22(16-34)14-30(37)40-2)20-35(31(38)43-32)29-19-41-18-28(42-29)21-6-4-3-5-7-21/h3-4,6,8-10,12,15,18-19,22,27,36H,5,7,11,13-14,16-17,20H2,1-2H3/t22-,27-,32+/m0/s1. The van der Waals surface area contributed by atoms with Crippen molar-refractivity contribution in [3.8, 4) is 5.75 Å². The molecule has 2 fully saturated rings. The molecule has 0 unspecified atom stereocenters. The molecule has 1 aromatic heterocycles. The summed E-state index contributed by atoms with van der Waals surface area (Å²) in [6.07, 6.45) is 11.4. The van der Waals surface area contributed by atoms with Gasteiger partial charge in [0.15, 0.2) is 12.0 Å². The number of pyridine rings is 1. The Kier molecular flexibility index (Phi) is 8.09. The highest BCUT2D eigenvalue weighted by Gasteiger charge is 2.55. The molecule has 43 heavy (non-hydrogen) atoms. The van der Waals surface area contributed by atoms with E-state index >= 15 is 0 Å². The highest BCUT2D eigenvalue weighted by molar-refractivity contribution is 5.84. The maximum absolute atomic E-state index is 13.2. The zero-order chi connectivity index (χ0) is 30.0. The number of amides is 1. The number of allylic oxidation sites excluding steroid dienone is 4. The summed E-state index contributed by atoms with van der Waals surface area (Å²) in [5.41, 5.74) is 1.53. The number of esters is 1. The van der Waals surface area contributed by atoms with Crippen LogP contribution in [-0.2, 0) is 23.7 Å². The first kappa shape index (κ1) is 28.8. The van der Waals surface area contributed by atoms with Crippen molar-refractivity contribution in [2.45, 2.75) is 37.4 Å². The van der Waals surface area contributed by atoms with Gasteiger partial charge in [0.1, 0.15) is 17.6 Å². The highest BCUT2D eigenvalue weighted by Crippen LogP contribution is 2.42. The van der Waals surface area contributed by atoms with Crippen LogP contribution < -0.4 is 4.74 Å². The van der Waals surface area contributed by atoms with Gasteiger partial charge in [0.25, 0.3) is 0 Å². The molecule has 4 heterocycles. The van der Waals surface area contributed by atoms with Crippen LogP contribution in [0.1, 0.15) is 37.4 Å². The zero-order valence-corrected chi connectivity index (χ0v) is 24.2. The number of methoxy groups -OCH3 is 2. The van der Waals surface area contributed by atoms with Gasteiger partial charge in [-0.3, -0.25) is 14.7 Å². The topological polar surface area (TPSA) is 120 Å². The van der Waals surface area contributed by atoms with Crippen LogP contribution >= 0.6 is 0 Å². The molecule has 6 rings (SSSR count). The summed E-state index contributed by atoms with van der Waals surface area (Å²) in [5, 5.41) is 12.2. The second-order valence-corrected chi connectivity index (χ2v) is 11.1. The van der Waals surface area contributed by atoms with Crippen LogP contribution in [0.2, 0.25) is 0 Å². The monoisotopic (exact) mass is 589 g/mol. The second-order valence-electron chi connectivity index (χ2n) is 11.1. The number of nitrogens with zero attached hydrogens (tertiary/aromatic N) is 3. The van der Waals surface area contributed by atoms with Gasteiger partial charge < -0.3 is 28.8 Å². The number of hydrogen-bond donors (Lipinski definition) is 1. The Morgan fingerprint density at radius 2 is 2.14 bits per heavy atom. The fraction of sp³-hybridized carbons (Fsp3) is 0.406. The summed E-state index contributed by atoms with van der Waals surface area (Å²) in [7, 11) is 2.94. The number of aromatic nitrogens is 1. The van der Waals surface area contributed by atoms with Crippen LogP contribution in [0, 0.1) is 5.92 Å². The average molecular weight is 590 g/mol. The molecular formula is C32H35N3O8. The van der Waals surface area contributed by atoms with Gasteiger partial charge in [0.05, 0.1) is 38.8 Å². The fourth-order valence-electron chi connectivity index (χ4n) is 6.22. The number of likely N-dealkylation sites (tertiary alicyclic amines) is 1. The van der Waals surface area contributed by atoms with Crippen molar-refractivity contribution in [1.29, 1.82) is 0 Å². The minimum Gasteiger partial charge on any atom is -0.497 e. The number of aliphatic hydroxyl groups is 1. The lowest BCUT2D eigenvalue weighted by Crippen LogP contribution is -2.55. The number of β-amino-alcohol motifs (C(OH)–C–C–N with tert-alkyl or cyclic N) is 1. The second kappa shape index (κ2) is 12.1. The van der Waals surface area contributed by atoms with Gasteiger partial charge in [0, 0.05) is 43.6 Å². The van der Waals surface area contributed by atoms with Crippen molar-refractivity contribution in [2.75, 3.05) is 40.4 Å². The van der Waals surface area contributed by atoms with E-state index in [0.29, 0.717) is 37.6 Å². The van der Waals surface area contributed by atoms with Gasteiger partial charge >= 0.3 is 12.1 Å². The van der Waals surface area contributed by atoms with Crippen LogP contribution in [0.4, 0.5) is 4.79 Å². The van der Waals surface area contributed by atoms with Gasteiger partial charge in [-0.15, -0.1) is 0 Å². The van der Waals surface area contributed by atoms with Crippen LogP contribution in [0.3, 0.4) is 0 Å². The molecule has 4 aliphatic rings. The van der Waals surface area contributed by atoms with Crippen LogP contribution in [0.15, 0.2) is 78.4 Å². The average Bonchev–Trinajstić information content (AvgIpc) is 3.38. The molecule has 1 spiro atoms. The number of carbonyl (C=O) groups excluding carboxylic acids is 2. The van der Waals surface area contributed by atoms with Crippen molar-refractivity contribution >= 4 is 23.0 Å². The number of benzene rings is 1. The molecule has 1 aromatic carbocycles. The minimum atomic E-state index is -0.943. The van der Waals surface area contributed by atoms with E-state index < -0.39 is 23.8 Å². The van der Waals surface area contributed by atoms with Crippen molar-refractivity contribution in [1.82, 2.24) is 14.8 Å². The normalized spacial score (nSPS) is 24.4. The van der Waals surface area contributed by atoms with Gasteiger partial charge in [0.2, 0.25) is 5.88 Å². The zero-order valence-electron chi connectivity index (χ0n) is 24.2. The third-order valence-corrected chi connectivity index (χ3v) is 8.58. The molecule has 11 heteroatoms. The first-order valence-electron chi connectivity index (χ1n) is 14.4. The van der Waals surface area contributed by atoms with Gasteiger partial charge in [-0.05, 0) is 48.2 Å². The Morgan fingerprint density at radius 1 is 1.26 bits per heavy atom. The molecule has 2 aromatic rings. The van der Waals surface area contributed by atoms with Gasteiger partial charge in [-0.1, -0.05) is 18.2 Å². The van der Waals surface area contributed by atoms with E-state index in [2.05, 4.69) is 16.0 Å². The molecule has 2 saturated heterocycles. The van der Waals surface area contributed by atoms with Crippen molar-refractivity contribution in [3.05, 3.63) is 84.0 Å². The minimum absolute atomic E-state index is 0.0559. The lowest BCUT2D eigenvalue weighted by atomic mass is 9.78. The van der Waals surface area contributed by atoms with E-state index in [1.54, 1.807) is 13.3 Å². The quantitative estimate of drug-likeness (QED) is 0.446. The fourth-order valence-corrected chi connectivity index (χ4v) is 6.22. The number of hydrogen-bond acceptors (Lipinski definition) is 10. The molecule has 0 bridgehead atoms. The molecule has 3 atom stereocenters. The summed E-state index contributed by atoms with van der Waals surface area (Å²) in [6.45, 7) is 1.48. The van der Waals surface area contributed by atoms with E-state index in [1.165, 1.54) is 24.5 Å². The summed E-state index contributed by atoms with van der Waals surface area (Å²) in [4.78, 5) is 33.7. The largest absolute Gasteiger partial charge is 0.497 e. The maximum Gasteiger partial charge on any atom is 0.417 e. The molecule has 1 amide bonds. The van der Waals surface area contributed by atoms with Crippen LogP contribution in [-0.4, -0.2) is 78.0 Å². The number of carbonyl (C=O) groups is 2. The van der Waals surface area contributed by atoms with Gasteiger partial charge in [-0.2, -0.15) is 0 Å². The number of piperidine rings is 1. The first-order valence-corrected chi connectivity index (χ1v) is 14.4. The SMILES string of the molecule is COC(=O)C[C@H]1CN(C[C@H](O)c2ccnc3ccc(OC)cc23)CC[C@@]12CN(C1=COC=C(C3=CC=CCC3)O1)C(=O)O2. The third-order valence-electron chi connectivity index (χ3n) is 8.58. The summed E-state index contributed by atoms with van der Waals surface area (Å²) >= 11 is 0. The Hall–Kier alpha value is -4.35. The first-order chi connectivity index (χ1) is 20.9. The van der Waals surface area contributed by atoms with E-state index in [0.717, 1.165) is 34.9 Å². The maximum atomic E-state index is 13.2. The molecule has 226 valence electrons. The Labute approximate surface area is 249 Å². The molecular weight excluding hydrogens is 554 g/mol. The van der Waals surface area contributed by atoms with Crippen molar-refractivity contribution in [3.63, 3.8) is 0 Å². The number of fused-ring (bicyclic) bond motifs is 1. The van der Waals surface area contributed by atoms with E-state index in [9.17, 15) is 14.7 Å². The predicted octanol–water partition coefficient (Wildman–Crippen LogP) is 4.32. The Bertz CT molecular complexity index is 1530. The van der Waals surface area contributed by atoms with E-state index in [1.807, 2.05) is 36.4 Å². The predicted molar refractivity (Wildman–Crippen MR) is 155 cm³/mol. The van der Waals surface area contributed by atoms with Crippen LogP contribution in [0.5, 0.6) is 5.75 Å². The van der Waals surface area contributed by atoms with Crippen molar-refractivity contribution < 1.29 is 38.4 Å². The lowest BCUT2D eigenvalue weighted by molar-refractivity contribution is -0.146.